The quantitative estimate of drug-likeness (QED) is 0.107. The maximum Gasteiger partial charge on any atom is 0.272 e. The third-order valence-electron chi connectivity index (χ3n) is 13.4. The number of benzene rings is 3. The first kappa shape index (κ1) is 35.6. The summed E-state index contributed by atoms with van der Waals surface area (Å²) in [6.07, 6.45) is 11.9. The van der Waals surface area contributed by atoms with Gasteiger partial charge in [-0.3, -0.25) is 14.3 Å². The number of hydrogen-bond donors (Lipinski definition) is 4. The van der Waals surface area contributed by atoms with E-state index in [2.05, 4.69) is 43.9 Å². The Bertz CT molecular complexity index is 2310. The molecule has 4 N–H and O–H groups in total. The molecule has 3 heterocycles. The van der Waals surface area contributed by atoms with Crippen molar-refractivity contribution >= 4 is 28.1 Å². The molecule has 11 nitrogen and oxygen atoms in total. The molecule has 0 spiro atoms. The fourth-order valence-electron chi connectivity index (χ4n) is 10.8. The van der Waals surface area contributed by atoms with E-state index in [0.717, 1.165) is 44.3 Å². The van der Waals surface area contributed by atoms with Crippen LogP contribution in [0.25, 0.3) is 10.8 Å². The van der Waals surface area contributed by atoms with Gasteiger partial charge in [-0.1, -0.05) is 31.5 Å². The highest BCUT2D eigenvalue weighted by atomic mass is 19.1. The van der Waals surface area contributed by atoms with Crippen molar-refractivity contribution in [3.8, 4) is 5.75 Å². The minimum atomic E-state index is -0.520. The number of phenols is 1. The number of nitrogens with zero attached hydrogens (tertiary/aromatic N) is 4. The van der Waals surface area contributed by atoms with Crippen LogP contribution in [0.4, 0.5) is 15.8 Å². The van der Waals surface area contributed by atoms with Gasteiger partial charge in [-0.05, 0) is 128 Å². The Morgan fingerprint density at radius 2 is 1.93 bits per heavy atom. The number of nitrogens with one attached hydrogen (secondary N) is 3. The minimum Gasteiger partial charge on any atom is -0.508 e. The average Bonchev–Trinajstić information content (AvgIpc) is 3.75. The number of anilines is 2. The van der Waals surface area contributed by atoms with E-state index in [-0.39, 0.29) is 16.7 Å². The van der Waals surface area contributed by atoms with Gasteiger partial charge in [-0.2, -0.15) is 10.2 Å². The molecule has 0 saturated heterocycles. The number of aromatic hydroxyl groups is 1. The van der Waals surface area contributed by atoms with E-state index >= 15 is 0 Å². The Morgan fingerprint density at radius 1 is 1.07 bits per heavy atom. The van der Waals surface area contributed by atoms with E-state index < -0.39 is 23.3 Å². The highest BCUT2D eigenvalue weighted by Gasteiger charge is 2.55. The fraction of sp³-hybridized carbons (Fsp3) is 0.465. The molecule has 1 aliphatic heterocycles. The first-order valence-corrected chi connectivity index (χ1v) is 19.8. The summed E-state index contributed by atoms with van der Waals surface area (Å²) in [7, 11) is 1.80. The molecule has 2 fully saturated rings. The van der Waals surface area contributed by atoms with Crippen LogP contribution < -0.4 is 16.2 Å². The lowest BCUT2D eigenvalue weighted by Crippen LogP contribution is -2.44. The highest BCUT2D eigenvalue weighted by Crippen LogP contribution is 2.61. The lowest BCUT2D eigenvalue weighted by molar-refractivity contribution is -0.116. The van der Waals surface area contributed by atoms with Crippen LogP contribution in [0.3, 0.4) is 0 Å². The van der Waals surface area contributed by atoms with Crippen LogP contribution in [0.1, 0.15) is 111 Å². The zero-order valence-electron chi connectivity index (χ0n) is 31.4. The van der Waals surface area contributed by atoms with E-state index in [1.807, 2.05) is 36.4 Å². The van der Waals surface area contributed by atoms with Gasteiger partial charge < -0.3 is 20.5 Å². The molecule has 1 amide bonds. The smallest absolute Gasteiger partial charge is 0.272 e. The van der Waals surface area contributed by atoms with E-state index in [4.69, 9.17) is 4.74 Å². The number of phenolic OH excluding ortho intramolecular Hbond substituents is 1. The molecule has 3 aliphatic carbocycles. The molecule has 55 heavy (non-hydrogen) atoms. The number of amides is 1. The normalized spacial score (nSPS) is 26.5. The molecule has 2 saturated carbocycles. The average molecular weight is 746 g/mol. The van der Waals surface area contributed by atoms with Crippen molar-refractivity contribution in [1.82, 2.24) is 25.0 Å². The largest absolute Gasteiger partial charge is 0.508 e. The van der Waals surface area contributed by atoms with E-state index in [0.29, 0.717) is 64.3 Å². The number of aromatic amines is 1. The molecule has 1 unspecified atom stereocenters. The standard InChI is InChI=1S/C43H48FN7O4/c1-43-18-17-30-29-14-12-28(52)20-25(29)9-13-31(30)33(43)15-16-35(43)55-19-5-3-4-6-36(53)47-27-10-7-24(8-11-27)39-38(41-45-23-46-51(41)2)40-37-32(42(54)50-49-40)21-26(44)22-34(37)48-39/h7-8,10-12,14,20-23,30-31,33,35,38-39,48,52H,3-6,9,13,15-19H2,1-2H3,(H,47,53)(H,50,54)/t30-,31-,33+,35+,38?,39-,43+/m1/s1. The van der Waals surface area contributed by atoms with Gasteiger partial charge in [-0.15, -0.1) is 0 Å². The highest BCUT2D eigenvalue weighted by molar-refractivity contribution is 5.97. The zero-order valence-corrected chi connectivity index (χ0v) is 31.4. The van der Waals surface area contributed by atoms with Gasteiger partial charge in [0.15, 0.2) is 0 Å². The molecule has 0 radical (unpaired) electrons. The van der Waals surface area contributed by atoms with Crippen molar-refractivity contribution < 1.29 is 19.0 Å². The Kier molecular flexibility index (Phi) is 9.19. The number of aryl methyl sites for hydroxylation is 2. The maximum atomic E-state index is 14.6. The van der Waals surface area contributed by atoms with Gasteiger partial charge in [0.1, 0.15) is 23.7 Å². The first-order chi connectivity index (χ1) is 26.7. The van der Waals surface area contributed by atoms with Crippen LogP contribution in [0.15, 0.2) is 65.7 Å². The number of ether oxygens (including phenoxy) is 1. The number of aromatic nitrogens is 5. The van der Waals surface area contributed by atoms with Gasteiger partial charge in [0, 0.05) is 36.8 Å². The third-order valence-corrected chi connectivity index (χ3v) is 13.4. The van der Waals surface area contributed by atoms with Gasteiger partial charge in [0.2, 0.25) is 5.91 Å². The number of unbranched alkanes of at least 4 members (excludes halogenated alkanes) is 2. The molecule has 7 atom stereocenters. The van der Waals surface area contributed by atoms with Gasteiger partial charge in [0.05, 0.1) is 29.1 Å². The monoisotopic (exact) mass is 745 g/mol. The molecule has 286 valence electrons. The second kappa shape index (κ2) is 14.2. The molecule has 4 aliphatic rings. The van der Waals surface area contributed by atoms with Crippen molar-refractivity contribution in [2.45, 2.75) is 95.1 Å². The predicted octanol–water partition coefficient (Wildman–Crippen LogP) is 7.64. The summed E-state index contributed by atoms with van der Waals surface area (Å²) >= 11 is 0. The molecule has 12 heteroatoms. The molecule has 2 aromatic heterocycles. The van der Waals surface area contributed by atoms with Crippen molar-refractivity contribution in [2.24, 2.45) is 24.3 Å². The molecular weight excluding hydrogens is 698 g/mol. The number of rotatable bonds is 10. The van der Waals surface area contributed by atoms with Crippen LogP contribution in [-0.4, -0.2) is 48.7 Å². The Morgan fingerprint density at radius 3 is 2.75 bits per heavy atom. The van der Waals surface area contributed by atoms with E-state index in [9.17, 15) is 19.1 Å². The number of carbonyl (C=O) groups is 1. The lowest BCUT2D eigenvalue weighted by Gasteiger charge is -2.50. The van der Waals surface area contributed by atoms with E-state index in [1.165, 1.54) is 55.3 Å². The van der Waals surface area contributed by atoms with Crippen molar-refractivity contribution in [2.75, 3.05) is 17.2 Å². The second-order valence-corrected chi connectivity index (χ2v) is 16.4. The molecule has 3 aromatic carbocycles. The van der Waals surface area contributed by atoms with Crippen LogP contribution >= 0.6 is 0 Å². The van der Waals surface area contributed by atoms with Gasteiger partial charge in [-0.25, -0.2) is 14.5 Å². The van der Waals surface area contributed by atoms with Crippen molar-refractivity contribution in [3.63, 3.8) is 0 Å². The van der Waals surface area contributed by atoms with Crippen LogP contribution in [0.5, 0.6) is 5.75 Å². The van der Waals surface area contributed by atoms with E-state index in [1.54, 1.807) is 11.7 Å². The number of hydrogen-bond acceptors (Lipinski definition) is 8. The lowest BCUT2D eigenvalue weighted by atomic mass is 9.55. The summed E-state index contributed by atoms with van der Waals surface area (Å²) in [5, 5.41) is 28.5. The zero-order chi connectivity index (χ0) is 37.8. The number of fused-ring (bicyclic) bond motifs is 5. The topological polar surface area (TPSA) is 147 Å². The van der Waals surface area contributed by atoms with Gasteiger partial charge in [0.25, 0.3) is 5.56 Å². The SMILES string of the molecule is Cn1ncnc1C1c2n[nH]c(=O)c3cc(F)cc(c23)N[C@@H]1c1ccc(NC(=O)CCCCCO[C@H]2CC[C@H]3[C@@H]4CCc5cc(O)ccc5[C@H]4CC[C@]23C)cc1. The van der Waals surface area contributed by atoms with Crippen molar-refractivity contribution in [3.05, 3.63) is 105 Å². The fourth-order valence-corrected chi connectivity index (χ4v) is 10.8. The summed E-state index contributed by atoms with van der Waals surface area (Å²) in [5.74, 6) is 2.03. The van der Waals surface area contributed by atoms with Crippen LogP contribution in [-0.2, 0) is 23.0 Å². The molecule has 9 rings (SSSR count). The minimum absolute atomic E-state index is 0.0298. The Hall–Kier alpha value is -5.10. The number of halogens is 1. The van der Waals surface area contributed by atoms with Crippen LogP contribution in [0, 0.1) is 23.1 Å². The van der Waals surface area contributed by atoms with Gasteiger partial charge >= 0.3 is 0 Å². The van der Waals surface area contributed by atoms with Crippen molar-refractivity contribution in [1.29, 1.82) is 0 Å². The predicted molar refractivity (Wildman–Crippen MR) is 208 cm³/mol. The van der Waals surface area contributed by atoms with Crippen LogP contribution in [0.2, 0.25) is 0 Å². The summed E-state index contributed by atoms with van der Waals surface area (Å²) in [6.45, 7) is 3.20. The Balaban J connectivity index is 0.772. The Labute approximate surface area is 319 Å². The summed E-state index contributed by atoms with van der Waals surface area (Å²) in [6, 6.07) is 15.8. The number of H-pyrrole nitrogens is 1. The first-order valence-electron chi connectivity index (χ1n) is 19.8. The number of carbonyl (C=O) groups excluding carboxylic acids is 1. The summed E-state index contributed by atoms with van der Waals surface area (Å²) in [5.41, 5.74) is 5.20. The second-order valence-electron chi connectivity index (χ2n) is 16.4. The maximum absolute atomic E-state index is 14.6. The summed E-state index contributed by atoms with van der Waals surface area (Å²) < 4.78 is 22.9. The molecule has 5 aromatic rings. The summed E-state index contributed by atoms with van der Waals surface area (Å²) in [4.78, 5) is 30.1. The molecular formula is C43H48FN7O4. The molecule has 0 bridgehead atoms. The third kappa shape index (κ3) is 6.37.